The molecule has 0 radical (unpaired) electrons. The van der Waals surface area contributed by atoms with Gasteiger partial charge in [0.15, 0.2) is 20.0 Å². The van der Waals surface area contributed by atoms with Crippen LogP contribution in [0.1, 0.15) is 342 Å². The van der Waals surface area contributed by atoms with Crippen LogP contribution in [0.25, 0.3) is 41.8 Å². The number of hydrogen-bond donors (Lipinski definition) is 12. The topological polar surface area (TPSA) is 430 Å². The maximum atomic E-state index is 14.1. The molecule has 9 fully saturated rings. The highest BCUT2D eigenvalue weighted by atomic mass is 32.1. The van der Waals surface area contributed by atoms with Crippen LogP contribution in [0.15, 0.2) is 49.1 Å². The largest absolute Gasteiger partial charge is 0.389 e. The van der Waals surface area contributed by atoms with Crippen molar-refractivity contribution in [2.45, 2.75) is 342 Å². The molecule has 38 heteroatoms. The summed E-state index contributed by atoms with van der Waals surface area (Å²) in [6.07, 6.45) is 28.7. The number of thiazole rings is 4. The fraction of sp³-hybridized carbons (Fsp3) is 0.612. The van der Waals surface area contributed by atoms with Gasteiger partial charge in [-0.25, -0.2) is 48.7 Å². The van der Waals surface area contributed by atoms with Gasteiger partial charge in [0.05, 0.1) is 48.5 Å². The van der Waals surface area contributed by atoms with E-state index >= 15 is 0 Å². The average molecular weight is 2020 g/mol. The summed E-state index contributed by atoms with van der Waals surface area (Å²) in [5.74, 6) is -1.83. The van der Waals surface area contributed by atoms with E-state index in [0.29, 0.717) is 72.5 Å². The van der Waals surface area contributed by atoms with Gasteiger partial charge in [-0.05, 0) is 298 Å². The molecule has 5 saturated heterocycles. The highest BCUT2D eigenvalue weighted by molar-refractivity contribution is 7.18. The molecule has 2 bridgehead atoms. The number of rotatable bonds is 31. The quantitative estimate of drug-likeness (QED) is 0.0192. The number of aromatic nitrogens is 8. The van der Waals surface area contributed by atoms with Gasteiger partial charge < -0.3 is 82.6 Å². The Morgan fingerprint density at radius 2 is 0.752 bits per heavy atom. The van der Waals surface area contributed by atoms with E-state index in [1.807, 2.05) is 80.5 Å². The van der Waals surface area contributed by atoms with Crippen molar-refractivity contribution in [1.82, 2.24) is 80.7 Å². The third-order valence-corrected chi connectivity index (χ3v) is 32.7. The van der Waals surface area contributed by atoms with E-state index in [2.05, 4.69) is 110 Å². The molecule has 0 aromatic carbocycles. The number of aryl methyl sites for hydroxylation is 4. The average Bonchev–Trinajstić information content (AvgIpc) is 1.35. The standard InChI is InChI=1S/C27H37N5O3S.C26H37N5O3S.C25H33F2N5O3S.C25H35N5O3S/c1-5-20(16-6-7-16)30-21-12-15(2)19(13-28-21)23-22(26(34)32-17-8-9-18(32)11-10-17)31-25(36-23)24(33)29-14-27(3,4)35;1-16-12-19(28-15-26(5)9-7-10-26)27-13-18(16)21-20(24(33)31-11-6-8-17(31)2)30-23(35-21)22(32)29-14-25(3,4)34;1-14-9-17(31-24(5)7-6-8-24)28-11-16(14)19-18(22(34)32-13-25(26,27)10-15(32)2)30-21(36-19)20(33)29-12-23(3,4)35;1-15-12-18(29-25(5)9-7-10-25)26-13-17(15)20-19(23(32)30-11-6-8-16(30)2)28-22(34-20)21(31)27-14-24(3,4)33/h12-13,16-18,20,35H,5-11,14H2,1-4H3,(H,28,30)(H,29,33);12-13,17,34H,6-11,14-15H2,1-5H3,(H,27,28)(H,29,32);9,11,15,35H,6-8,10,12-13H2,1-5H3,(H,28,31)(H,29,33);12-13,16,33H,6-11,14H2,1-5H3,(H,26,29)(H,27,31)/t17?,18?,20-;17-;15-;16-/m0000/s1. The Kier molecular flexibility index (Phi) is 32.5. The maximum absolute atomic E-state index is 14.1. The first-order chi connectivity index (χ1) is 66.2. The summed E-state index contributed by atoms with van der Waals surface area (Å²) in [5.41, 5.74) is 3.85. The van der Waals surface area contributed by atoms with Crippen LogP contribution < -0.4 is 42.5 Å². The second-order valence-corrected chi connectivity index (χ2v) is 47.9. The fourth-order valence-corrected chi connectivity index (χ4v) is 23.5. The molecule has 764 valence electrons. The number of amides is 8. The van der Waals surface area contributed by atoms with Crippen LogP contribution in [0.5, 0.6) is 0 Å². The van der Waals surface area contributed by atoms with Gasteiger partial charge in [0.2, 0.25) is 0 Å². The van der Waals surface area contributed by atoms with Crippen molar-refractivity contribution in [2.75, 3.05) is 73.6 Å². The molecule has 5 aliphatic heterocycles. The number of anilines is 4. The normalized spacial score (nSPS) is 20.4. The minimum absolute atomic E-state index is 0.00936. The highest BCUT2D eigenvalue weighted by Crippen LogP contribution is 2.47. The monoisotopic (exact) mass is 2020 g/mol. The van der Waals surface area contributed by atoms with Crippen LogP contribution in [0, 0.1) is 39.0 Å². The van der Waals surface area contributed by atoms with Crippen molar-refractivity contribution in [3.63, 3.8) is 0 Å². The molecule has 8 aromatic rings. The summed E-state index contributed by atoms with van der Waals surface area (Å²) >= 11 is 4.62. The molecule has 17 rings (SSSR count). The molecule has 13 heterocycles. The first-order valence-corrected chi connectivity index (χ1v) is 53.1. The SMILES string of the molecule is CC[C@H](Nc1cc(C)c(-c2sc(C(=O)NCC(C)(C)O)nc2C(=O)N2C3CCC2CC3)cn1)C1CC1.Cc1cc(NC2(C)CCC2)ncc1-c1sc(C(=O)NCC(C)(C)O)nc1C(=O)N1CC(F)(F)C[C@@H]1C.Cc1cc(NC2(C)CCC2)ncc1-c1sc(C(=O)NCC(C)(C)O)nc1C(=O)N1CCC[C@@H]1C.Cc1cc(NCC2(C)CCC2)ncc1-c1sc(C(=O)NCC(C)(C)O)nc1C(=O)N1CCC[C@@H]1C. The molecule has 4 aliphatic carbocycles. The van der Waals surface area contributed by atoms with Crippen molar-refractivity contribution in [2.24, 2.45) is 11.3 Å². The van der Waals surface area contributed by atoms with E-state index in [1.54, 1.807) is 87.1 Å². The second kappa shape index (κ2) is 43.0. The van der Waals surface area contributed by atoms with E-state index in [4.69, 9.17) is 0 Å². The molecule has 8 aromatic heterocycles. The first kappa shape index (κ1) is 107. The van der Waals surface area contributed by atoms with Crippen molar-refractivity contribution in [1.29, 1.82) is 0 Å². The van der Waals surface area contributed by atoms with Gasteiger partial charge in [-0.15, -0.1) is 45.3 Å². The number of nitrogens with one attached hydrogen (secondary N) is 8. The summed E-state index contributed by atoms with van der Waals surface area (Å²) in [7, 11) is 0. The fourth-order valence-electron chi connectivity index (χ4n) is 19.3. The number of hydrogen-bond acceptors (Lipinski definition) is 28. The van der Waals surface area contributed by atoms with Gasteiger partial charge in [0.1, 0.15) is 46.0 Å². The Morgan fingerprint density at radius 3 is 1.04 bits per heavy atom. The summed E-state index contributed by atoms with van der Waals surface area (Å²) in [5, 5.41) is 65.4. The van der Waals surface area contributed by atoms with Crippen LogP contribution in [0.4, 0.5) is 32.1 Å². The number of halogens is 2. The number of nitrogens with zero attached hydrogens (tertiary/aromatic N) is 12. The van der Waals surface area contributed by atoms with E-state index in [1.165, 1.54) is 79.0 Å². The number of carbonyl (C=O) groups excluding carboxylic acids is 8. The predicted octanol–water partition coefficient (Wildman–Crippen LogP) is 16.9. The Bertz CT molecular complexity index is 5910. The van der Waals surface area contributed by atoms with Crippen molar-refractivity contribution >= 4 is 116 Å². The predicted molar refractivity (Wildman–Crippen MR) is 549 cm³/mol. The number of pyridine rings is 4. The Hall–Kier alpha value is -10.2. The van der Waals surface area contributed by atoms with E-state index in [9.17, 15) is 67.6 Å². The molecule has 4 saturated carbocycles. The third-order valence-electron chi connectivity index (χ3n) is 28.3. The third kappa shape index (κ3) is 26.5. The second-order valence-electron chi connectivity index (χ2n) is 43.9. The molecule has 12 N–H and O–H groups in total. The Balaban J connectivity index is 0.000000150. The zero-order valence-corrected chi connectivity index (χ0v) is 88.2. The molecule has 141 heavy (non-hydrogen) atoms. The van der Waals surface area contributed by atoms with Crippen molar-refractivity contribution in [3.05, 3.63) is 114 Å². The number of aliphatic hydroxyl groups is 4. The molecule has 0 unspecified atom stereocenters. The summed E-state index contributed by atoms with van der Waals surface area (Å²) in [6.45, 7) is 37.1. The van der Waals surface area contributed by atoms with Crippen LogP contribution in [-0.4, -0.2) is 255 Å². The zero-order valence-electron chi connectivity index (χ0n) is 85.0. The van der Waals surface area contributed by atoms with Crippen LogP contribution in [0.3, 0.4) is 0 Å². The van der Waals surface area contributed by atoms with Crippen molar-refractivity contribution in [3.8, 4) is 41.8 Å². The Morgan fingerprint density at radius 1 is 0.433 bits per heavy atom. The Labute approximate surface area is 841 Å². The van der Waals surface area contributed by atoms with Gasteiger partial charge in [-0.1, -0.05) is 20.3 Å². The summed E-state index contributed by atoms with van der Waals surface area (Å²) in [4.78, 5) is 151. The van der Waals surface area contributed by atoms with Gasteiger partial charge in [0, 0.05) is 147 Å². The number of likely N-dealkylation sites (tertiary alicyclic amines) is 3. The molecule has 9 aliphatic rings. The van der Waals surface area contributed by atoms with Gasteiger partial charge in [0.25, 0.3) is 53.2 Å². The lowest BCUT2D eigenvalue weighted by Crippen LogP contribution is -2.41. The minimum atomic E-state index is -2.97. The molecular formula is C103H142F2N20O12S4. The van der Waals surface area contributed by atoms with Crippen LogP contribution >= 0.6 is 45.3 Å². The van der Waals surface area contributed by atoms with Gasteiger partial charge in [-0.3, -0.25) is 38.4 Å². The number of carbonyl (C=O) groups is 8. The lowest BCUT2D eigenvalue weighted by atomic mass is 9.70. The smallest absolute Gasteiger partial charge is 0.280 e. The van der Waals surface area contributed by atoms with E-state index in [0.717, 1.165) is 169 Å². The lowest BCUT2D eigenvalue weighted by molar-refractivity contribution is 0.0117. The van der Waals surface area contributed by atoms with Gasteiger partial charge >= 0.3 is 0 Å². The van der Waals surface area contributed by atoms with Crippen LogP contribution in [-0.2, 0) is 0 Å². The minimum Gasteiger partial charge on any atom is -0.389 e. The molecule has 8 amide bonds. The first-order valence-electron chi connectivity index (χ1n) is 49.9. The summed E-state index contributed by atoms with van der Waals surface area (Å²) < 4.78 is 28.1. The number of fused-ring (bicyclic) bond motifs is 2. The number of alkyl halides is 2. The maximum Gasteiger partial charge on any atom is 0.280 e. The highest BCUT2D eigenvalue weighted by Gasteiger charge is 2.49. The van der Waals surface area contributed by atoms with E-state index in [-0.39, 0.29) is 111 Å². The molecule has 32 nitrogen and oxygen atoms in total. The lowest BCUT2D eigenvalue weighted by Gasteiger charge is -2.39. The molecular weight excluding hydrogens is 1880 g/mol. The molecule has 4 atom stereocenters. The van der Waals surface area contributed by atoms with Gasteiger partial charge in [-0.2, -0.15) is 0 Å². The zero-order chi connectivity index (χ0) is 102. The summed E-state index contributed by atoms with van der Waals surface area (Å²) in [6, 6.07) is 8.50. The van der Waals surface area contributed by atoms with Crippen LogP contribution in [0.2, 0.25) is 0 Å². The van der Waals surface area contributed by atoms with Crippen molar-refractivity contribution < 1.29 is 67.6 Å². The molecule has 0 spiro atoms. The van der Waals surface area contributed by atoms with E-state index < -0.39 is 71.0 Å².